The van der Waals surface area contributed by atoms with Crippen LogP contribution in [0.3, 0.4) is 0 Å². The van der Waals surface area contributed by atoms with Crippen LogP contribution in [-0.2, 0) is 13.1 Å². The van der Waals surface area contributed by atoms with Gasteiger partial charge in [0, 0.05) is 13.1 Å². The van der Waals surface area contributed by atoms with E-state index in [-0.39, 0.29) is 11.6 Å². The van der Waals surface area contributed by atoms with E-state index in [4.69, 9.17) is 4.98 Å². The van der Waals surface area contributed by atoms with E-state index in [1.165, 1.54) is 5.56 Å². The molecule has 118 valence electrons. The molecule has 0 aliphatic carbocycles. The lowest BCUT2D eigenvalue weighted by Gasteiger charge is -2.18. The fraction of sp³-hybridized carbons (Fsp3) is 0.263. The summed E-state index contributed by atoms with van der Waals surface area (Å²) in [5.74, 6) is 0.784. The van der Waals surface area contributed by atoms with E-state index >= 15 is 0 Å². The predicted octanol–water partition coefficient (Wildman–Crippen LogP) is 3.27. The summed E-state index contributed by atoms with van der Waals surface area (Å²) in [4.78, 5) is 17.4. The minimum absolute atomic E-state index is 0.00698. The van der Waals surface area contributed by atoms with Gasteiger partial charge in [-0.05, 0) is 31.5 Å². The van der Waals surface area contributed by atoms with E-state index in [2.05, 4.69) is 17.4 Å². The maximum Gasteiger partial charge on any atom is 0.261 e. The first-order valence-corrected chi connectivity index (χ1v) is 7.97. The standard InChI is InChI=1S/C19H21N3O/c1-3-22-18(14(2)20-13-15-9-5-4-6-10-15)21-17-12-8-7-11-16(17)19(22)23/h4-12,14,20H,3,13H2,1-2H3. The van der Waals surface area contributed by atoms with Crippen molar-refractivity contribution in [2.75, 3.05) is 0 Å². The maximum atomic E-state index is 12.7. The van der Waals surface area contributed by atoms with E-state index in [0.717, 1.165) is 17.9 Å². The second-order valence-electron chi connectivity index (χ2n) is 5.62. The zero-order chi connectivity index (χ0) is 16.2. The largest absolute Gasteiger partial charge is 0.303 e. The van der Waals surface area contributed by atoms with Gasteiger partial charge in [0.1, 0.15) is 5.82 Å². The molecular formula is C19H21N3O. The van der Waals surface area contributed by atoms with E-state index in [9.17, 15) is 4.79 Å². The molecule has 1 heterocycles. The van der Waals surface area contributed by atoms with Crippen molar-refractivity contribution in [1.82, 2.24) is 14.9 Å². The zero-order valence-corrected chi connectivity index (χ0v) is 13.5. The van der Waals surface area contributed by atoms with Crippen LogP contribution in [0.15, 0.2) is 59.4 Å². The molecule has 2 aromatic carbocycles. The van der Waals surface area contributed by atoms with Gasteiger partial charge in [-0.25, -0.2) is 4.98 Å². The smallest absolute Gasteiger partial charge is 0.261 e. The molecule has 0 saturated heterocycles. The first-order chi connectivity index (χ1) is 11.2. The Bertz CT molecular complexity index is 855. The van der Waals surface area contributed by atoms with Crippen molar-refractivity contribution in [2.45, 2.75) is 33.0 Å². The third kappa shape index (κ3) is 3.17. The van der Waals surface area contributed by atoms with Gasteiger partial charge < -0.3 is 5.32 Å². The van der Waals surface area contributed by atoms with Crippen molar-refractivity contribution < 1.29 is 0 Å². The molecule has 1 aromatic heterocycles. The highest BCUT2D eigenvalue weighted by Crippen LogP contribution is 2.14. The summed E-state index contributed by atoms with van der Waals surface area (Å²) in [6, 6.07) is 17.7. The molecule has 0 amide bonds. The molecule has 0 spiro atoms. The Kier molecular flexibility index (Phi) is 4.53. The summed E-state index contributed by atoms with van der Waals surface area (Å²) >= 11 is 0. The number of benzene rings is 2. The van der Waals surface area contributed by atoms with Crippen LogP contribution >= 0.6 is 0 Å². The molecule has 0 radical (unpaired) electrons. The van der Waals surface area contributed by atoms with Crippen molar-refractivity contribution in [3.63, 3.8) is 0 Å². The molecule has 0 fully saturated rings. The second kappa shape index (κ2) is 6.75. The highest BCUT2D eigenvalue weighted by molar-refractivity contribution is 5.77. The van der Waals surface area contributed by atoms with Crippen molar-refractivity contribution >= 4 is 10.9 Å². The van der Waals surface area contributed by atoms with E-state index < -0.39 is 0 Å². The van der Waals surface area contributed by atoms with Gasteiger partial charge in [-0.3, -0.25) is 9.36 Å². The number of rotatable bonds is 5. The Balaban J connectivity index is 1.93. The van der Waals surface area contributed by atoms with Crippen molar-refractivity contribution in [3.05, 3.63) is 76.3 Å². The first-order valence-electron chi connectivity index (χ1n) is 7.97. The summed E-state index contributed by atoms with van der Waals surface area (Å²) in [6.07, 6.45) is 0. The van der Waals surface area contributed by atoms with Crippen LogP contribution in [0.25, 0.3) is 10.9 Å². The molecule has 4 nitrogen and oxygen atoms in total. The van der Waals surface area contributed by atoms with Gasteiger partial charge in [0.05, 0.1) is 16.9 Å². The van der Waals surface area contributed by atoms with Crippen LogP contribution in [0.4, 0.5) is 0 Å². The number of aromatic nitrogens is 2. The topological polar surface area (TPSA) is 46.9 Å². The fourth-order valence-corrected chi connectivity index (χ4v) is 2.78. The summed E-state index contributed by atoms with van der Waals surface area (Å²) in [5.41, 5.74) is 2.00. The van der Waals surface area contributed by atoms with E-state index in [1.807, 2.05) is 56.3 Å². The van der Waals surface area contributed by atoms with Gasteiger partial charge in [0.25, 0.3) is 5.56 Å². The van der Waals surface area contributed by atoms with Gasteiger partial charge in [0.15, 0.2) is 0 Å². The van der Waals surface area contributed by atoms with Crippen LogP contribution in [0, 0.1) is 0 Å². The van der Waals surface area contributed by atoms with Gasteiger partial charge in [0.2, 0.25) is 0 Å². The lowest BCUT2D eigenvalue weighted by molar-refractivity contribution is 0.504. The molecule has 1 unspecified atom stereocenters. The van der Waals surface area contributed by atoms with E-state index in [1.54, 1.807) is 4.57 Å². The Morgan fingerprint density at radius 2 is 1.78 bits per heavy atom. The predicted molar refractivity (Wildman–Crippen MR) is 93.4 cm³/mol. The number of fused-ring (bicyclic) bond motifs is 1. The Labute approximate surface area is 135 Å². The van der Waals surface area contributed by atoms with Gasteiger partial charge in [-0.1, -0.05) is 42.5 Å². The number of nitrogens with one attached hydrogen (secondary N) is 1. The van der Waals surface area contributed by atoms with Crippen LogP contribution in [-0.4, -0.2) is 9.55 Å². The molecule has 0 bridgehead atoms. The first kappa shape index (κ1) is 15.4. The maximum absolute atomic E-state index is 12.7. The van der Waals surface area contributed by atoms with Crippen LogP contribution < -0.4 is 10.9 Å². The summed E-state index contributed by atoms with van der Waals surface area (Å²) in [7, 11) is 0. The lowest BCUT2D eigenvalue weighted by atomic mass is 10.2. The Morgan fingerprint density at radius 3 is 2.52 bits per heavy atom. The molecule has 0 aliphatic rings. The quantitative estimate of drug-likeness (QED) is 0.787. The second-order valence-corrected chi connectivity index (χ2v) is 5.62. The minimum atomic E-state index is -0.00698. The van der Waals surface area contributed by atoms with Gasteiger partial charge in [-0.2, -0.15) is 0 Å². The van der Waals surface area contributed by atoms with Gasteiger partial charge in [-0.15, -0.1) is 0 Å². The van der Waals surface area contributed by atoms with Crippen LogP contribution in [0.2, 0.25) is 0 Å². The number of nitrogens with zero attached hydrogens (tertiary/aromatic N) is 2. The monoisotopic (exact) mass is 307 g/mol. The third-order valence-corrected chi connectivity index (χ3v) is 4.05. The van der Waals surface area contributed by atoms with Gasteiger partial charge >= 0.3 is 0 Å². The highest BCUT2D eigenvalue weighted by Gasteiger charge is 2.15. The average Bonchev–Trinajstić information content (AvgIpc) is 2.60. The lowest BCUT2D eigenvalue weighted by Crippen LogP contribution is -2.30. The molecule has 3 rings (SSSR count). The van der Waals surface area contributed by atoms with E-state index in [0.29, 0.717) is 11.9 Å². The molecular weight excluding hydrogens is 286 g/mol. The van der Waals surface area contributed by atoms with Crippen LogP contribution in [0.1, 0.15) is 31.3 Å². The fourth-order valence-electron chi connectivity index (χ4n) is 2.78. The molecule has 23 heavy (non-hydrogen) atoms. The average molecular weight is 307 g/mol. The third-order valence-electron chi connectivity index (χ3n) is 4.05. The Morgan fingerprint density at radius 1 is 1.09 bits per heavy atom. The molecule has 4 heteroatoms. The van der Waals surface area contributed by atoms with Crippen LogP contribution in [0.5, 0.6) is 0 Å². The molecule has 1 N–H and O–H groups in total. The molecule has 0 aliphatic heterocycles. The highest BCUT2D eigenvalue weighted by atomic mass is 16.1. The molecule has 1 atom stereocenters. The zero-order valence-electron chi connectivity index (χ0n) is 13.5. The van der Waals surface area contributed by atoms with Crippen molar-refractivity contribution in [3.8, 4) is 0 Å². The Hall–Kier alpha value is -2.46. The summed E-state index contributed by atoms with van der Waals surface area (Å²) in [5, 5.41) is 4.13. The summed E-state index contributed by atoms with van der Waals surface area (Å²) in [6.45, 7) is 5.38. The summed E-state index contributed by atoms with van der Waals surface area (Å²) < 4.78 is 1.75. The molecule has 3 aromatic rings. The number of hydrogen-bond acceptors (Lipinski definition) is 3. The SMILES string of the molecule is CCn1c(C(C)NCc2ccccc2)nc2ccccc2c1=O. The number of hydrogen-bond donors (Lipinski definition) is 1. The minimum Gasteiger partial charge on any atom is -0.303 e. The van der Waals surface area contributed by atoms with Crippen molar-refractivity contribution in [2.24, 2.45) is 0 Å². The normalized spacial score (nSPS) is 12.4. The number of para-hydroxylation sites is 1. The molecule has 0 saturated carbocycles. The van der Waals surface area contributed by atoms with Crippen molar-refractivity contribution in [1.29, 1.82) is 0 Å².